The number of likely N-dealkylation sites (N-methyl/N-ethyl adjacent to an activating group) is 1. The Morgan fingerprint density at radius 1 is 1.69 bits per heavy atom. The van der Waals surface area contributed by atoms with Crippen molar-refractivity contribution < 1.29 is 9.90 Å². The summed E-state index contributed by atoms with van der Waals surface area (Å²) < 4.78 is 0. The van der Waals surface area contributed by atoms with Crippen LogP contribution < -0.4 is 5.73 Å². The molecule has 1 aromatic heterocycles. The van der Waals surface area contributed by atoms with Gasteiger partial charge in [-0.15, -0.1) is 11.3 Å². The van der Waals surface area contributed by atoms with Crippen LogP contribution in [0.15, 0.2) is 0 Å². The van der Waals surface area contributed by atoms with Crippen LogP contribution >= 0.6 is 11.3 Å². The molecule has 4 nitrogen and oxygen atoms in total. The number of aromatic carboxylic acids is 1. The Hall–Kier alpha value is -1.07. The number of rotatable bonds is 2. The lowest BCUT2D eigenvalue weighted by atomic mass is 9.89. The number of carbonyl (C=O) groups is 1. The molecule has 5 heteroatoms. The van der Waals surface area contributed by atoms with Crippen molar-refractivity contribution >= 4 is 22.3 Å². The first-order chi connectivity index (χ1) is 7.54. The number of nitrogen functional groups attached to an aromatic ring is 1. The van der Waals surface area contributed by atoms with Crippen molar-refractivity contribution in [3.63, 3.8) is 0 Å². The fourth-order valence-corrected chi connectivity index (χ4v) is 3.62. The van der Waals surface area contributed by atoms with E-state index in [4.69, 9.17) is 5.73 Å². The second kappa shape index (κ2) is 4.07. The van der Waals surface area contributed by atoms with Crippen LogP contribution in [0.25, 0.3) is 0 Å². The molecule has 88 valence electrons. The van der Waals surface area contributed by atoms with Crippen molar-refractivity contribution in [1.29, 1.82) is 0 Å². The maximum absolute atomic E-state index is 11.2. The zero-order valence-corrected chi connectivity index (χ0v) is 10.3. The lowest BCUT2D eigenvalue weighted by molar-refractivity contribution is 0.0695. The molecule has 1 unspecified atom stereocenters. The van der Waals surface area contributed by atoms with Crippen LogP contribution in [0.4, 0.5) is 5.00 Å². The SMILES string of the molecule is CCC1CN(C)Cc2sc(N)c(C(=O)O)c21. The molecule has 0 aromatic carbocycles. The maximum Gasteiger partial charge on any atom is 0.338 e. The lowest BCUT2D eigenvalue weighted by Crippen LogP contribution is -2.30. The summed E-state index contributed by atoms with van der Waals surface area (Å²) in [6.45, 7) is 3.82. The van der Waals surface area contributed by atoms with Gasteiger partial charge in [-0.05, 0) is 24.9 Å². The Bertz CT molecular complexity index is 428. The first-order valence-electron chi connectivity index (χ1n) is 5.37. The van der Waals surface area contributed by atoms with Gasteiger partial charge in [0.25, 0.3) is 0 Å². The van der Waals surface area contributed by atoms with Gasteiger partial charge >= 0.3 is 5.97 Å². The highest BCUT2D eigenvalue weighted by atomic mass is 32.1. The van der Waals surface area contributed by atoms with Crippen LogP contribution in [0.3, 0.4) is 0 Å². The molecule has 0 saturated carbocycles. The molecule has 16 heavy (non-hydrogen) atoms. The van der Waals surface area contributed by atoms with Crippen LogP contribution in [0, 0.1) is 0 Å². The predicted molar refractivity (Wildman–Crippen MR) is 65.1 cm³/mol. The number of hydrogen-bond acceptors (Lipinski definition) is 4. The Morgan fingerprint density at radius 3 is 2.94 bits per heavy atom. The first kappa shape index (κ1) is 11.4. The van der Waals surface area contributed by atoms with E-state index in [-0.39, 0.29) is 0 Å². The van der Waals surface area contributed by atoms with Gasteiger partial charge in [0.15, 0.2) is 0 Å². The summed E-state index contributed by atoms with van der Waals surface area (Å²) in [7, 11) is 2.06. The van der Waals surface area contributed by atoms with E-state index in [1.165, 1.54) is 11.3 Å². The van der Waals surface area contributed by atoms with Crippen molar-refractivity contribution in [3.05, 3.63) is 16.0 Å². The molecule has 0 saturated heterocycles. The number of fused-ring (bicyclic) bond motifs is 1. The van der Waals surface area contributed by atoms with Gasteiger partial charge in [0.1, 0.15) is 5.00 Å². The van der Waals surface area contributed by atoms with Gasteiger partial charge in [0, 0.05) is 18.0 Å². The van der Waals surface area contributed by atoms with Gasteiger partial charge in [-0.25, -0.2) is 4.79 Å². The van der Waals surface area contributed by atoms with Crippen LogP contribution in [-0.4, -0.2) is 29.6 Å². The third kappa shape index (κ3) is 1.70. The Morgan fingerprint density at radius 2 is 2.38 bits per heavy atom. The molecule has 0 radical (unpaired) electrons. The van der Waals surface area contributed by atoms with E-state index in [1.54, 1.807) is 0 Å². The minimum absolute atomic E-state index is 0.299. The molecule has 2 rings (SSSR count). The summed E-state index contributed by atoms with van der Waals surface area (Å²) in [5.74, 6) is -0.591. The van der Waals surface area contributed by atoms with Crippen molar-refractivity contribution in [2.75, 3.05) is 19.3 Å². The summed E-state index contributed by atoms with van der Waals surface area (Å²) in [6.07, 6.45) is 0.952. The average molecular weight is 240 g/mol. The molecule has 0 amide bonds. The van der Waals surface area contributed by atoms with Crippen molar-refractivity contribution in [3.8, 4) is 0 Å². The minimum Gasteiger partial charge on any atom is -0.478 e. The molecule has 0 spiro atoms. The summed E-state index contributed by atoms with van der Waals surface area (Å²) in [5.41, 5.74) is 7.13. The Labute approximate surface area is 98.7 Å². The molecule has 0 aliphatic carbocycles. The molecule has 1 atom stereocenters. The first-order valence-corrected chi connectivity index (χ1v) is 6.19. The number of nitrogens with two attached hydrogens (primary N) is 1. The second-order valence-corrected chi connectivity index (χ2v) is 5.42. The molecule has 1 aliphatic heterocycles. The van der Waals surface area contributed by atoms with E-state index in [0.29, 0.717) is 16.5 Å². The highest BCUT2D eigenvalue weighted by Crippen LogP contribution is 2.41. The molecule has 1 aromatic rings. The highest BCUT2D eigenvalue weighted by molar-refractivity contribution is 7.16. The molecule has 1 aliphatic rings. The zero-order chi connectivity index (χ0) is 11.9. The maximum atomic E-state index is 11.2. The number of hydrogen-bond donors (Lipinski definition) is 2. The average Bonchev–Trinajstić information content (AvgIpc) is 2.52. The lowest BCUT2D eigenvalue weighted by Gasteiger charge is -2.29. The third-order valence-electron chi connectivity index (χ3n) is 3.11. The fraction of sp³-hybridized carbons (Fsp3) is 0.545. The Balaban J connectivity index is 2.55. The van der Waals surface area contributed by atoms with Gasteiger partial charge in [0.2, 0.25) is 0 Å². The van der Waals surface area contributed by atoms with Gasteiger partial charge in [-0.1, -0.05) is 6.92 Å². The van der Waals surface area contributed by atoms with Gasteiger partial charge in [0.05, 0.1) is 5.56 Å². The van der Waals surface area contributed by atoms with Crippen LogP contribution in [-0.2, 0) is 6.54 Å². The predicted octanol–water partition coefficient (Wildman–Crippen LogP) is 1.97. The molecule has 3 N–H and O–H groups in total. The molecule has 0 bridgehead atoms. The van der Waals surface area contributed by atoms with Gasteiger partial charge in [-0.3, -0.25) is 0 Å². The van der Waals surface area contributed by atoms with E-state index in [9.17, 15) is 9.90 Å². The van der Waals surface area contributed by atoms with Crippen molar-refractivity contribution in [2.24, 2.45) is 0 Å². The summed E-state index contributed by atoms with van der Waals surface area (Å²) in [5, 5.41) is 9.65. The molecular formula is C11H16N2O2S. The smallest absolute Gasteiger partial charge is 0.338 e. The Kier molecular flexibility index (Phi) is 2.90. The number of anilines is 1. The fourth-order valence-electron chi connectivity index (χ4n) is 2.39. The van der Waals surface area contributed by atoms with E-state index in [2.05, 4.69) is 18.9 Å². The normalized spacial score (nSPS) is 20.8. The standard InChI is InChI=1S/C11H16N2O2S/c1-3-6-4-13(2)5-7-8(6)9(11(14)15)10(12)16-7/h6H,3-5,12H2,1-2H3,(H,14,15). The highest BCUT2D eigenvalue weighted by Gasteiger charge is 2.31. The van der Waals surface area contributed by atoms with E-state index in [1.807, 2.05) is 0 Å². The van der Waals surface area contributed by atoms with Gasteiger partial charge < -0.3 is 15.7 Å². The number of carboxylic acids is 1. The number of carboxylic acid groups (broad SMARTS) is 1. The topological polar surface area (TPSA) is 66.6 Å². The second-order valence-electron chi connectivity index (χ2n) is 4.29. The molecular weight excluding hydrogens is 224 g/mol. The van der Waals surface area contributed by atoms with Crippen molar-refractivity contribution in [2.45, 2.75) is 25.8 Å². The van der Waals surface area contributed by atoms with Crippen molar-refractivity contribution in [1.82, 2.24) is 4.90 Å². The molecule has 2 heterocycles. The molecule has 0 fully saturated rings. The quantitative estimate of drug-likeness (QED) is 0.829. The number of thiophene rings is 1. The largest absolute Gasteiger partial charge is 0.478 e. The van der Waals surface area contributed by atoms with Crippen LogP contribution in [0.2, 0.25) is 0 Å². The van der Waals surface area contributed by atoms with Crippen LogP contribution in [0.1, 0.15) is 40.1 Å². The van der Waals surface area contributed by atoms with Crippen LogP contribution in [0.5, 0.6) is 0 Å². The van der Waals surface area contributed by atoms with E-state index in [0.717, 1.165) is 30.0 Å². The van der Waals surface area contributed by atoms with E-state index >= 15 is 0 Å². The summed E-state index contributed by atoms with van der Waals surface area (Å²) in [4.78, 5) is 14.6. The number of nitrogens with zero attached hydrogens (tertiary/aromatic N) is 1. The zero-order valence-electron chi connectivity index (χ0n) is 9.49. The summed E-state index contributed by atoms with van der Waals surface area (Å²) in [6, 6.07) is 0. The monoisotopic (exact) mass is 240 g/mol. The minimum atomic E-state index is -0.891. The van der Waals surface area contributed by atoms with E-state index < -0.39 is 5.97 Å². The summed E-state index contributed by atoms with van der Waals surface area (Å²) >= 11 is 1.42. The third-order valence-corrected chi connectivity index (χ3v) is 4.13. The van der Waals surface area contributed by atoms with Gasteiger partial charge in [-0.2, -0.15) is 0 Å².